The van der Waals surface area contributed by atoms with Crippen LogP contribution in [-0.4, -0.2) is 39.0 Å². The Kier molecular flexibility index (Phi) is 7.24. The zero-order valence-corrected chi connectivity index (χ0v) is 19.9. The number of nitrogens with zero attached hydrogens (tertiary/aromatic N) is 1. The van der Waals surface area contributed by atoms with Crippen LogP contribution in [-0.2, 0) is 15.9 Å². The highest BCUT2D eigenvalue weighted by molar-refractivity contribution is 6.06. The fraction of sp³-hybridized carbons (Fsp3) is 0.192. The normalized spacial score (nSPS) is 12.4. The maximum atomic E-state index is 13.0. The second kappa shape index (κ2) is 10.7. The van der Waals surface area contributed by atoms with Gasteiger partial charge in [0.2, 0.25) is 12.5 Å². The number of nitro groups is 1. The summed E-state index contributed by atoms with van der Waals surface area (Å²) in [4.78, 5) is 24.3. The van der Waals surface area contributed by atoms with E-state index in [-0.39, 0.29) is 35.2 Å². The van der Waals surface area contributed by atoms with Crippen LogP contribution in [0.15, 0.2) is 66.4 Å². The first kappa shape index (κ1) is 24.4. The molecule has 4 rings (SSSR count). The number of amides is 1. The van der Waals surface area contributed by atoms with E-state index in [1.165, 1.54) is 45.6 Å². The molecule has 1 heterocycles. The summed E-state index contributed by atoms with van der Waals surface area (Å²) in [6.07, 6.45) is 0.476. The van der Waals surface area contributed by atoms with Crippen LogP contribution in [0.5, 0.6) is 17.2 Å². The summed E-state index contributed by atoms with van der Waals surface area (Å²) >= 11 is 0. The minimum atomic E-state index is -0.588. The maximum Gasteiger partial charge on any atom is 0.293 e. The van der Waals surface area contributed by atoms with E-state index >= 15 is 0 Å². The van der Waals surface area contributed by atoms with E-state index in [1.807, 2.05) is 30.3 Å². The predicted molar refractivity (Wildman–Crippen MR) is 131 cm³/mol. The number of nitro benzene ring substituents is 1. The number of allylic oxidation sites excluding steroid dienone is 1. The smallest absolute Gasteiger partial charge is 0.293 e. The van der Waals surface area contributed by atoms with Crippen LogP contribution in [0.1, 0.15) is 21.5 Å². The van der Waals surface area contributed by atoms with Gasteiger partial charge < -0.3 is 29.0 Å². The van der Waals surface area contributed by atoms with Crippen molar-refractivity contribution >= 4 is 23.0 Å². The number of nitrogens with one attached hydrogen (secondary N) is 1. The molecule has 0 unspecified atom stereocenters. The first-order valence-corrected chi connectivity index (χ1v) is 10.9. The molecule has 1 N–H and O–H groups in total. The molecular formula is C26H24N2O8. The standard InChI is InChI=1S/C26H24N2O8/c1-32-21-13-18(14-22(33-2)25(21)34-3)26(29)27-19-10-9-17(12-20(19)28(30)31)24-23(35-15-36-24)11-16-7-5-4-6-8-16/h4-10,12-14H,11,15H2,1-3H3,(H,27,29). The lowest BCUT2D eigenvalue weighted by Gasteiger charge is -2.14. The summed E-state index contributed by atoms with van der Waals surface area (Å²) in [5, 5.41) is 14.5. The summed E-state index contributed by atoms with van der Waals surface area (Å²) < 4.78 is 27.1. The Bertz CT molecular complexity index is 1300. The van der Waals surface area contributed by atoms with Gasteiger partial charge in [-0.05, 0) is 29.8 Å². The Morgan fingerprint density at radius 3 is 2.28 bits per heavy atom. The first-order valence-electron chi connectivity index (χ1n) is 10.9. The van der Waals surface area contributed by atoms with Crippen LogP contribution in [0.4, 0.5) is 11.4 Å². The minimum Gasteiger partial charge on any atom is -0.493 e. The lowest BCUT2D eigenvalue weighted by molar-refractivity contribution is -0.383. The van der Waals surface area contributed by atoms with Gasteiger partial charge in [-0.15, -0.1) is 0 Å². The molecule has 0 saturated carbocycles. The first-order chi connectivity index (χ1) is 17.4. The van der Waals surface area contributed by atoms with Gasteiger partial charge >= 0.3 is 0 Å². The van der Waals surface area contributed by atoms with Gasteiger partial charge in [0, 0.05) is 23.6 Å². The minimum absolute atomic E-state index is 0.0188. The summed E-state index contributed by atoms with van der Waals surface area (Å²) in [6, 6.07) is 17.0. The van der Waals surface area contributed by atoms with Crippen molar-refractivity contribution in [1.29, 1.82) is 0 Å². The molecule has 36 heavy (non-hydrogen) atoms. The average Bonchev–Trinajstić information content (AvgIpc) is 3.36. The molecule has 0 spiro atoms. The summed E-state index contributed by atoms with van der Waals surface area (Å²) in [5.74, 6) is 1.29. The number of carbonyl (C=O) groups is 1. The van der Waals surface area contributed by atoms with Crippen molar-refractivity contribution in [2.24, 2.45) is 0 Å². The van der Waals surface area contributed by atoms with Crippen molar-refractivity contribution < 1.29 is 33.4 Å². The molecule has 0 aliphatic carbocycles. The molecule has 0 saturated heterocycles. The number of rotatable bonds is 9. The van der Waals surface area contributed by atoms with Crippen LogP contribution < -0.4 is 19.5 Å². The summed E-state index contributed by atoms with van der Waals surface area (Å²) in [5.41, 5.74) is 1.38. The van der Waals surface area contributed by atoms with Gasteiger partial charge in [0.1, 0.15) is 11.4 Å². The number of anilines is 1. The number of benzene rings is 3. The van der Waals surface area contributed by atoms with Crippen molar-refractivity contribution in [3.8, 4) is 17.2 Å². The third-order valence-corrected chi connectivity index (χ3v) is 5.53. The fourth-order valence-corrected chi connectivity index (χ4v) is 3.80. The molecule has 186 valence electrons. The molecule has 1 aliphatic heterocycles. The molecule has 3 aromatic carbocycles. The van der Waals surface area contributed by atoms with Crippen LogP contribution >= 0.6 is 0 Å². The Labute approximate surface area is 207 Å². The van der Waals surface area contributed by atoms with Gasteiger partial charge in [-0.25, -0.2) is 0 Å². The fourth-order valence-electron chi connectivity index (χ4n) is 3.80. The largest absolute Gasteiger partial charge is 0.493 e. The van der Waals surface area contributed by atoms with Crippen LogP contribution in [0.3, 0.4) is 0 Å². The second-order valence-corrected chi connectivity index (χ2v) is 7.68. The maximum absolute atomic E-state index is 13.0. The van der Waals surface area contributed by atoms with E-state index < -0.39 is 10.8 Å². The van der Waals surface area contributed by atoms with E-state index in [2.05, 4.69) is 5.32 Å². The molecule has 1 amide bonds. The average molecular weight is 492 g/mol. The third kappa shape index (κ3) is 5.02. The van der Waals surface area contributed by atoms with Gasteiger partial charge in [0.05, 0.1) is 26.3 Å². The second-order valence-electron chi connectivity index (χ2n) is 7.68. The molecule has 0 radical (unpaired) electrons. The van der Waals surface area contributed by atoms with Gasteiger partial charge in [-0.1, -0.05) is 30.3 Å². The van der Waals surface area contributed by atoms with Crippen LogP contribution in [0, 0.1) is 10.1 Å². The Morgan fingerprint density at radius 2 is 1.67 bits per heavy atom. The van der Waals surface area contributed by atoms with Crippen molar-refractivity contribution in [3.05, 3.63) is 93.2 Å². The van der Waals surface area contributed by atoms with E-state index in [0.717, 1.165) is 5.56 Å². The lowest BCUT2D eigenvalue weighted by Crippen LogP contribution is -2.14. The topological polar surface area (TPSA) is 118 Å². The highest BCUT2D eigenvalue weighted by Gasteiger charge is 2.25. The third-order valence-electron chi connectivity index (χ3n) is 5.53. The van der Waals surface area contributed by atoms with Crippen LogP contribution in [0.2, 0.25) is 0 Å². The Balaban J connectivity index is 1.64. The van der Waals surface area contributed by atoms with Crippen molar-refractivity contribution in [1.82, 2.24) is 0 Å². The van der Waals surface area contributed by atoms with E-state index in [4.69, 9.17) is 23.7 Å². The lowest BCUT2D eigenvalue weighted by atomic mass is 10.1. The molecule has 10 nitrogen and oxygen atoms in total. The molecule has 3 aromatic rings. The van der Waals surface area contributed by atoms with E-state index in [9.17, 15) is 14.9 Å². The Morgan fingerprint density at radius 1 is 0.972 bits per heavy atom. The number of methoxy groups -OCH3 is 3. The molecule has 1 aliphatic rings. The SMILES string of the molecule is COc1cc(C(=O)Nc2ccc(C3=C(Cc4ccccc4)OCO3)cc2[N+](=O)[O-])cc(OC)c1OC. The molecular weight excluding hydrogens is 468 g/mol. The van der Waals surface area contributed by atoms with Gasteiger partial charge in [-0.3, -0.25) is 14.9 Å². The van der Waals surface area contributed by atoms with Gasteiger partial charge in [0.25, 0.3) is 11.6 Å². The van der Waals surface area contributed by atoms with Gasteiger partial charge in [-0.2, -0.15) is 0 Å². The molecule has 10 heteroatoms. The highest BCUT2D eigenvalue weighted by atomic mass is 16.7. The number of hydrogen-bond acceptors (Lipinski definition) is 8. The van der Waals surface area contributed by atoms with Crippen molar-refractivity contribution in [2.45, 2.75) is 6.42 Å². The monoisotopic (exact) mass is 492 g/mol. The molecule has 0 aromatic heterocycles. The zero-order valence-electron chi connectivity index (χ0n) is 19.9. The number of hydrogen-bond donors (Lipinski definition) is 1. The molecule has 0 bridgehead atoms. The van der Waals surface area contributed by atoms with Crippen molar-refractivity contribution in [2.75, 3.05) is 33.4 Å². The summed E-state index contributed by atoms with van der Waals surface area (Å²) in [7, 11) is 4.31. The van der Waals surface area contributed by atoms with Crippen LogP contribution in [0.25, 0.3) is 5.76 Å². The molecule has 0 fully saturated rings. The zero-order chi connectivity index (χ0) is 25.7. The summed E-state index contributed by atoms with van der Waals surface area (Å²) in [6.45, 7) is 0.0188. The Hall–Kier alpha value is -4.73. The number of carbonyl (C=O) groups excluding carboxylic acids is 1. The highest BCUT2D eigenvalue weighted by Crippen LogP contribution is 2.39. The number of ether oxygens (including phenoxy) is 5. The predicted octanol–water partition coefficient (Wildman–Crippen LogP) is 4.79. The van der Waals surface area contributed by atoms with Crippen molar-refractivity contribution in [3.63, 3.8) is 0 Å². The quantitative estimate of drug-likeness (QED) is 0.335. The molecule has 0 atom stereocenters. The van der Waals surface area contributed by atoms with E-state index in [1.54, 1.807) is 6.07 Å². The van der Waals surface area contributed by atoms with E-state index in [0.29, 0.717) is 29.3 Å². The van der Waals surface area contributed by atoms with Gasteiger partial charge in [0.15, 0.2) is 17.3 Å².